The average Bonchev–Trinajstić information content (AvgIpc) is 3.21. The van der Waals surface area contributed by atoms with Crippen molar-refractivity contribution < 1.29 is 51.0 Å². The topological polar surface area (TPSA) is 0 Å². The van der Waals surface area contributed by atoms with Gasteiger partial charge < -0.3 is 24.8 Å². The first-order valence-electron chi connectivity index (χ1n) is 10.8. The van der Waals surface area contributed by atoms with Crippen molar-refractivity contribution in [2.24, 2.45) is 0 Å². The van der Waals surface area contributed by atoms with Crippen LogP contribution in [-0.2, 0) is 37.0 Å². The van der Waals surface area contributed by atoms with Crippen molar-refractivity contribution in [3.8, 4) is 0 Å². The number of halogens is 2. The Labute approximate surface area is 226 Å². The van der Waals surface area contributed by atoms with Gasteiger partial charge in [-0.1, -0.05) is 66.8 Å². The second-order valence-corrected chi connectivity index (χ2v) is 15.4. The summed E-state index contributed by atoms with van der Waals surface area (Å²) in [6, 6.07) is 22.9. The number of fused-ring (bicyclic) bond motifs is 2. The molecular formula is C28H34Cl2SiZr. The van der Waals surface area contributed by atoms with Gasteiger partial charge >= 0.3 is 26.2 Å². The molecule has 0 aliphatic carbocycles. The van der Waals surface area contributed by atoms with Crippen molar-refractivity contribution in [3.63, 3.8) is 0 Å². The van der Waals surface area contributed by atoms with Crippen LogP contribution in [0.4, 0.5) is 0 Å². The van der Waals surface area contributed by atoms with E-state index in [2.05, 4.69) is 115 Å². The van der Waals surface area contributed by atoms with Crippen molar-refractivity contribution in [1.29, 1.82) is 0 Å². The van der Waals surface area contributed by atoms with Crippen LogP contribution in [0.2, 0.25) is 13.1 Å². The molecule has 4 aromatic rings. The van der Waals surface area contributed by atoms with Gasteiger partial charge in [-0.3, -0.25) is 0 Å². The Hall–Kier alpha value is -0.660. The molecule has 0 fully saturated rings. The molecule has 0 saturated heterocycles. The zero-order valence-corrected chi connectivity index (χ0v) is 25.5. The van der Waals surface area contributed by atoms with E-state index in [1.165, 1.54) is 32.7 Å². The first-order valence-corrected chi connectivity index (χ1v) is 13.8. The molecule has 0 nitrogen and oxygen atoms in total. The molecule has 4 aromatic carbocycles. The monoisotopic (exact) mass is 558 g/mol. The Balaban J connectivity index is 0.00000171. The summed E-state index contributed by atoms with van der Waals surface area (Å²) in [5.41, 5.74) is 3.31. The summed E-state index contributed by atoms with van der Waals surface area (Å²) in [7, 11) is -1.99. The van der Waals surface area contributed by atoms with E-state index in [1.54, 1.807) is 10.4 Å². The molecule has 0 aliphatic heterocycles. The van der Waals surface area contributed by atoms with Gasteiger partial charge in [0, 0.05) is 8.07 Å². The van der Waals surface area contributed by atoms with Crippen LogP contribution in [0.5, 0.6) is 0 Å². The zero-order valence-electron chi connectivity index (χ0n) is 20.5. The van der Waals surface area contributed by atoms with E-state index in [0.717, 1.165) is 0 Å². The average molecular weight is 561 g/mol. The number of benzene rings is 2. The van der Waals surface area contributed by atoms with Crippen LogP contribution in [0.15, 0.2) is 60.7 Å². The summed E-state index contributed by atoms with van der Waals surface area (Å²) in [4.78, 5) is 0. The van der Waals surface area contributed by atoms with Gasteiger partial charge in [0.1, 0.15) is 0 Å². The fraction of sp³-hybridized carbons (Fsp3) is 0.357. The minimum Gasteiger partial charge on any atom is -1.00 e. The molecule has 0 radical (unpaired) electrons. The maximum atomic E-state index is 2.57. The van der Waals surface area contributed by atoms with Crippen molar-refractivity contribution in [3.05, 3.63) is 71.8 Å². The van der Waals surface area contributed by atoms with Gasteiger partial charge in [-0.15, -0.1) is 81.2 Å². The predicted octanol–water partition coefficient (Wildman–Crippen LogP) is 0.854. The molecule has 0 bridgehead atoms. The number of hydrogen-bond acceptors (Lipinski definition) is 0. The van der Waals surface area contributed by atoms with Crippen molar-refractivity contribution in [2.45, 2.75) is 65.5 Å². The number of hydrogen-bond donors (Lipinski definition) is 0. The Kier molecular flexibility index (Phi) is 9.10. The maximum Gasteiger partial charge on any atom is 4.00 e. The van der Waals surface area contributed by atoms with Gasteiger partial charge in [0.05, 0.1) is 0 Å². The van der Waals surface area contributed by atoms with Crippen LogP contribution in [0.3, 0.4) is 0 Å². The maximum absolute atomic E-state index is 2.57. The molecule has 32 heavy (non-hydrogen) atoms. The fourth-order valence-electron chi connectivity index (χ4n) is 5.10. The molecule has 0 atom stereocenters. The summed E-state index contributed by atoms with van der Waals surface area (Å²) < 4.78 is 0. The molecule has 0 unspecified atom stereocenters. The quantitative estimate of drug-likeness (QED) is 0.252. The van der Waals surface area contributed by atoms with Gasteiger partial charge in [-0.05, 0) is 10.8 Å². The van der Waals surface area contributed by atoms with Crippen LogP contribution in [0, 0.1) is 0 Å². The SMILES string of the molecule is CC(C)(C)c1[cH-]c2ccccc2c1[Si](C)(C)c1c(C(C)(C)C)[cH-]c2ccccc12.[Cl-].[Cl-].[Zr+4]. The summed E-state index contributed by atoms with van der Waals surface area (Å²) in [5, 5.41) is 8.95. The van der Waals surface area contributed by atoms with E-state index in [-0.39, 0.29) is 61.8 Å². The van der Waals surface area contributed by atoms with Crippen LogP contribution in [0.1, 0.15) is 52.7 Å². The van der Waals surface area contributed by atoms with E-state index in [4.69, 9.17) is 0 Å². The fourth-order valence-corrected chi connectivity index (χ4v) is 9.39. The first kappa shape index (κ1) is 29.4. The summed E-state index contributed by atoms with van der Waals surface area (Å²) in [6.45, 7) is 19.3. The van der Waals surface area contributed by atoms with Crippen LogP contribution in [-0.4, -0.2) is 8.07 Å². The predicted molar refractivity (Wildman–Crippen MR) is 133 cm³/mol. The Morgan fingerprint density at radius 1 is 0.594 bits per heavy atom. The van der Waals surface area contributed by atoms with E-state index in [0.29, 0.717) is 0 Å². The third kappa shape index (κ3) is 4.90. The van der Waals surface area contributed by atoms with Gasteiger partial charge in [0.2, 0.25) is 0 Å². The summed E-state index contributed by atoms with van der Waals surface area (Å²) in [6.07, 6.45) is 0. The van der Waals surface area contributed by atoms with Crippen molar-refractivity contribution in [2.75, 3.05) is 0 Å². The summed E-state index contributed by atoms with van der Waals surface area (Å²) >= 11 is 0. The van der Waals surface area contributed by atoms with E-state index >= 15 is 0 Å². The Morgan fingerprint density at radius 3 is 1.22 bits per heavy atom. The molecule has 0 amide bonds. The minimum absolute atomic E-state index is 0. The van der Waals surface area contributed by atoms with E-state index in [9.17, 15) is 0 Å². The van der Waals surface area contributed by atoms with Gasteiger partial charge in [0.25, 0.3) is 0 Å². The van der Waals surface area contributed by atoms with Crippen molar-refractivity contribution in [1.82, 2.24) is 0 Å². The number of rotatable bonds is 2. The molecule has 0 saturated carbocycles. The molecule has 4 heteroatoms. The van der Waals surface area contributed by atoms with Gasteiger partial charge in [0.15, 0.2) is 0 Å². The Morgan fingerprint density at radius 2 is 0.906 bits per heavy atom. The molecule has 0 aromatic heterocycles. The molecule has 0 N–H and O–H groups in total. The first-order chi connectivity index (χ1) is 13.4. The molecule has 168 valence electrons. The third-order valence-corrected chi connectivity index (χ3v) is 10.0. The smallest absolute Gasteiger partial charge is 1.00 e. The van der Waals surface area contributed by atoms with Gasteiger partial charge in [-0.25, -0.2) is 0 Å². The molecule has 0 aliphatic rings. The van der Waals surface area contributed by atoms with Gasteiger partial charge in [-0.2, -0.15) is 10.4 Å². The normalized spacial score (nSPS) is 12.2. The zero-order chi connectivity index (χ0) is 21.2. The van der Waals surface area contributed by atoms with E-state index in [1.807, 2.05) is 0 Å². The third-order valence-electron chi connectivity index (χ3n) is 6.46. The minimum atomic E-state index is -1.99. The summed E-state index contributed by atoms with van der Waals surface area (Å²) in [5.74, 6) is 0. The standard InChI is InChI=1S/C28H34Si.2ClH.Zr/c1-27(2,3)23-17-19-13-9-11-15-21(19)25(23)29(7,8)26-22-16-12-10-14-20(22)18-24(26)28(4,5)6;;;/h9-18H,1-8H3;2*1H;/q-2;;;+4/p-2. The molecule has 4 rings (SSSR count). The van der Waals surface area contributed by atoms with Crippen LogP contribution >= 0.6 is 0 Å². The Bertz CT molecular complexity index is 1110. The second-order valence-electron chi connectivity index (χ2n) is 11.2. The van der Waals surface area contributed by atoms with Crippen molar-refractivity contribution >= 4 is 40.0 Å². The van der Waals surface area contributed by atoms with Crippen LogP contribution < -0.4 is 35.2 Å². The van der Waals surface area contributed by atoms with Crippen LogP contribution in [0.25, 0.3) is 21.5 Å². The molecule has 0 spiro atoms. The largest absolute Gasteiger partial charge is 4.00 e. The molecule has 0 heterocycles. The van der Waals surface area contributed by atoms with E-state index < -0.39 is 8.07 Å². The second kappa shape index (κ2) is 9.91. The molecular weight excluding hydrogens is 527 g/mol.